The number of thiocarbonyl (C=S) groups is 1. The average Bonchev–Trinajstić information content (AvgIpc) is 3.00. The molecule has 246 valence electrons. The van der Waals surface area contributed by atoms with Crippen LogP contribution in [0.3, 0.4) is 0 Å². The van der Waals surface area contributed by atoms with E-state index in [1.54, 1.807) is 40.4 Å². The van der Waals surface area contributed by atoms with Gasteiger partial charge in [0, 0.05) is 55.6 Å². The first-order chi connectivity index (χ1) is 21.8. The summed E-state index contributed by atoms with van der Waals surface area (Å²) in [5.41, 5.74) is 1.97. The van der Waals surface area contributed by atoms with E-state index in [2.05, 4.69) is 5.32 Å². The molecule has 0 unspecified atom stereocenters. The Morgan fingerprint density at radius 3 is 2.11 bits per heavy atom. The number of hydrogen-bond acceptors (Lipinski definition) is 8. The van der Waals surface area contributed by atoms with Gasteiger partial charge in [0.1, 0.15) is 35.5 Å². The second-order valence-corrected chi connectivity index (χ2v) is 11.7. The molecule has 1 N–H and O–H groups in total. The molecule has 0 heterocycles. The zero-order valence-corrected chi connectivity index (χ0v) is 28.1. The smallest absolute Gasteiger partial charge is 0.303 e. The molecule has 0 aliphatic carbocycles. The van der Waals surface area contributed by atoms with Gasteiger partial charge in [-0.1, -0.05) is 24.3 Å². The zero-order valence-electron chi connectivity index (χ0n) is 27.3. The lowest BCUT2D eigenvalue weighted by molar-refractivity contribution is -0.146. The molecule has 3 aromatic rings. The fourth-order valence-corrected chi connectivity index (χ4v) is 5.47. The molecule has 0 spiro atoms. The molecule has 11 heteroatoms. The van der Waals surface area contributed by atoms with E-state index >= 15 is 4.39 Å². The van der Waals surface area contributed by atoms with Gasteiger partial charge in [0.25, 0.3) is 0 Å². The van der Waals surface area contributed by atoms with Crippen molar-refractivity contribution in [3.8, 4) is 17.2 Å². The first-order valence-corrected chi connectivity index (χ1v) is 15.0. The lowest BCUT2D eigenvalue weighted by Crippen LogP contribution is -2.51. The van der Waals surface area contributed by atoms with Crippen molar-refractivity contribution in [2.24, 2.45) is 0 Å². The van der Waals surface area contributed by atoms with Gasteiger partial charge in [0.2, 0.25) is 0 Å². The minimum atomic E-state index is -1.40. The van der Waals surface area contributed by atoms with Crippen LogP contribution in [0.2, 0.25) is 0 Å². The maximum absolute atomic E-state index is 15.6. The van der Waals surface area contributed by atoms with Crippen LogP contribution in [0.15, 0.2) is 54.6 Å². The Hall–Kier alpha value is -4.51. The Morgan fingerprint density at radius 2 is 1.52 bits per heavy atom. The molecule has 0 aliphatic rings. The number of carbonyl (C=O) groups excluding carboxylic acids is 3. The molecule has 3 aromatic carbocycles. The third-order valence-electron chi connectivity index (χ3n) is 7.39. The summed E-state index contributed by atoms with van der Waals surface area (Å²) in [6, 6.07) is 15.6. The van der Waals surface area contributed by atoms with Gasteiger partial charge in [-0.25, -0.2) is 4.39 Å². The summed E-state index contributed by atoms with van der Waals surface area (Å²) in [5.74, 6) is 0.108. The van der Waals surface area contributed by atoms with Crippen LogP contribution < -0.4 is 19.5 Å². The van der Waals surface area contributed by atoms with Crippen LogP contribution in [0.25, 0.3) is 0 Å². The minimum absolute atomic E-state index is 0.0891. The third kappa shape index (κ3) is 9.74. The highest BCUT2D eigenvalue weighted by molar-refractivity contribution is 7.80. The van der Waals surface area contributed by atoms with Crippen molar-refractivity contribution in [3.05, 3.63) is 88.2 Å². The van der Waals surface area contributed by atoms with Crippen molar-refractivity contribution >= 4 is 34.9 Å². The number of esters is 1. The Bertz CT molecular complexity index is 1600. The van der Waals surface area contributed by atoms with Crippen molar-refractivity contribution in [3.63, 3.8) is 0 Å². The van der Waals surface area contributed by atoms with E-state index in [4.69, 9.17) is 31.2 Å². The van der Waals surface area contributed by atoms with Crippen molar-refractivity contribution in [1.29, 1.82) is 0 Å². The quantitative estimate of drug-likeness (QED) is 0.165. The topological polar surface area (TPSA) is 103 Å². The van der Waals surface area contributed by atoms with E-state index in [9.17, 15) is 14.4 Å². The summed E-state index contributed by atoms with van der Waals surface area (Å²) in [7, 11) is 4.72. The zero-order chi connectivity index (χ0) is 34.0. The summed E-state index contributed by atoms with van der Waals surface area (Å²) in [4.78, 5) is 38.3. The number of rotatable bonds is 15. The molecule has 0 amide bonds. The van der Waals surface area contributed by atoms with E-state index in [-0.39, 0.29) is 42.4 Å². The van der Waals surface area contributed by atoms with Gasteiger partial charge < -0.3 is 29.2 Å². The van der Waals surface area contributed by atoms with E-state index < -0.39 is 29.7 Å². The van der Waals surface area contributed by atoms with E-state index in [1.807, 2.05) is 42.2 Å². The average molecular weight is 653 g/mol. The minimum Gasteiger partial charge on any atom is -0.497 e. The molecule has 3 rings (SSSR count). The number of benzene rings is 3. The number of nitrogens with one attached hydrogen (secondary N) is 1. The van der Waals surface area contributed by atoms with Crippen LogP contribution >= 0.6 is 12.2 Å². The summed E-state index contributed by atoms with van der Waals surface area (Å²) >= 11 is 6.00. The number of ketones is 2. The second-order valence-electron chi connectivity index (χ2n) is 11.3. The molecule has 0 bridgehead atoms. The van der Waals surface area contributed by atoms with Gasteiger partial charge in [-0.3, -0.25) is 14.4 Å². The van der Waals surface area contributed by atoms with Crippen molar-refractivity contribution in [2.75, 3.05) is 27.9 Å². The fraction of sp³-hybridized carbons (Fsp3) is 0.371. The van der Waals surface area contributed by atoms with Gasteiger partial charge in [-0.05, 0) is 68.4 Å². The SMILES string of the molecule is COc1ccc(CN(Cc2ccc(C)cc2OC)C(=S)N[C@@](C)(CC(=O)COC(C)=O)c2cc(CC(C)=O)ccc2F)c(OC)c1. The van der Waals surface area contributed by atoms with Crippen molar-refractivity contribution < 1.29 is 37.7 Å². The Kier molecular flexibility index (Phi) is 12.6. The molecule has 46 heavy (non-hydrogen) atoms. The summed E-state index contributed by atoms with van der Waals surface area (Å²) in [6.45, 7) is 6.33. The summed E-state index contributed by atoms with van der Waals surface area (Å²) in [6.07, 6.45) is -0.180. The number of methoxy groups -OCH3 is 3. The van der Waals surface area contributed by atoms with Gasteiger partial charge in [0.15, 0.2) is 10.9 Å². The van der Waals surface area contributed by atoms with Gasteiger partial charge in [0.05, 0.1) is 26.9 Å². The Morgan fingerprint density at radius 1 is 0.891 bits per heavy atom. The van der Waals surface area contributed by atoms with Crippen molar-refractivity contribution in [1.82, 2.24) is 10.2 Å². The molecule has 0 saturated carbocycles. The molecule has 1 atom stereocenters. The number of halogens is 1. The van der Waals surface area contributed by atoms with Gasteiger partial charge in [-0.2, -0.15) is 0 Å². The predicted octanol–water partition coefficient (Wildman–Crippen LogP) is 5.61. The Labute approximate surface area is 275 Å². The molecule has 9 nitrogen and oxygen atoms in total. The van der Waals surface area contributed by atoms with Crippen LogP contribution in [0.4, 0.5) is 4.39 Å². The number of nitrogens with zero attached hydrogens (tertiary/aromatic N) is 1. The molecule has 0 aromatic heterocycles. The molecule has 0 saturated heterocycles. The molecule has 0 aliphatic heterocycles. The van der Waals surface area contributed by atoms with Crippen LogP contribution in [0.1, 0.15) is 55.0 Å². The maximum Gasteiger partial charge on any atom is 0.303 e. The molecular formula is C35H41FN2O7S. The summed E-state index contributed by atoms with van der Waals surface area (Å²) < 4.78 is 37.2. The van der Waals surface area contributed by atoms with Crippen molar-refractivity contribution in [2.45, 2.75) is 59.2 Å². The largest absolute Gasteiger partial charge is 0.497 e. The second kappa shape index (κ2) is 16.2. The lowest BCUT2D eigenvalue weighted by Gasteiger charge is -2.37. The highest BCUT2D eigenvalue weighted by Gasteiger charge is 2.35. The third-order valence-corrected chi connectivity index (χ3v) is 7.75. The van der Waals surface area contributed by atoms with E-state index in [0.29, 0.717) is 22.8 Å². The molecular weight excluding hydrogens is 611 g/mol. The predicted molar refractivity (Wildman–Crippen MR) is 177 cm³/mol. The standard InChI is InChI=1S/C35H41FN2O7S/c1-22-8-10-26(32(14-22)43-6)19-38(20-27-11-12-29(42-5)17-33(27)44-7)34(46)37-35(4,18-28(41)21-45-24(3)40)30-16-25(15-23(2)39)9-13-31(30)36/h8-14,16-17H,15,18-21H2,1-7H3,(H,37,46)/t35-/m0/s1. The first kappa shape index (κ1) is 36.0. The number of ether oxygens (including phenoxy) is 4. The van der Waals surface area contributed by atoms with E-state index in [1.165, 1.54) is 26.0 Å². The number of Topliss-reactive ketones (excluding diaryl/α,β-unsaturated/α-hetero) is 2. The normalized spacial score (nSPS) is 12.0. The van der Waals surface area contributed by atoms with Crippen LogP contribution in [-0.2, 0) is 44.2 Å². The number of aryl methyl sites for hydroxylation is 1. The monoisotopic (exact) mass is 652 g/mol. The van der Waals surface area contributed by atoms with Gasteiger partial charge >= 0.3 is 5.97 Å². The van der Waals surface area contributed by atoms with Gasteiger partial charge in [-0.15, -0.1) is 0 Å². The molecule has 0 fully saturated rings. The highest BCUT2D eigenvalue weighted by atomic mass is 32.1. The number of hydrogen-bond donors (Lipinski definition) is 1. The molecule has 0 radical (unpaired) electrons. The first-order valence-electron chi connectivity index (χ1n) is 14.6. The number of carbonyl (C=O) groups is 3. The van der Waals surface area contributed by atoms with Crippen LogP contribution in [0.5, 0.6) is 17.2 Å². The van der Waals surface area contributed by atoms with Crippen LogP contribution in [0, 0.1) is 12.7 Å². The summed E-state index contributed by atoms with van der Waals surface area (Å²) in [5, 5.41) is 3.47. The Balaban J connectivity index is 2.10. The fourth-order valence-electron chi connectivity index (χ4n) is 5.12. The van der Waals surface area contributed by atoms with E-state index in [0.717, 1.165) is 16.7 Å². The lowest BCUT2D eigenvalue weighted by atomic mass is 9.85. The highest BCUT2D eigenvalue weighted by Crippen LogP contribution is 2.32. The maximum atomic E-state index is 15.6. The van der Waals surface area contributed by atoms with Crippen LogP contribution in [-0.4, -0.2) is 55.5 Å².